The Balaban J connectivity index is 2.08. The Morgan fingerprint density at radius 2 is 1.84 bits per heavy atom. The third kappa shape index (κ3) is 4.60. The first kappa shape index (κ1) is 19.4. The Bertz CT molecular complexity index is 675. The van der Waals surface area contributed by atoms with Crippen LogP contribution < -0.4 is 5.32 Å². The van der Waals surface area contributed by atoms with Gasteiger partial charge in [-0.25, -0.2) is 4.79 Å². The average Bonchev–Trinajstić information content (AvgIpc) is 2.80. The lowest BCUT2D eigenvalue weighted by atomic mass is 9.99. The van der Waals surface area contributed by atoms with Crippen molar-refractivity contribution in [1.29, 1.82) is 0 Å². The molecule has 25 heavy (non-hydrogen) atoms. The SMILES string of the molecule is CC(=O)Nc1sc(C)c(C)c1C(=O)O[C@@H](C)C(=O)N1CCC(C)CC1. The average molecular weight is 366 g/mol. The Labute approximate surface area is 152 Å². The minimum absolute atomic E-state index is 0.161. The van der Waals surface area contributed by atoms with Crippen LogP contribution in [0, 0.1) is 19.8 Å². The molecule has 1 fully saturated rings. The van der Waals surface area contributed by atoms with Crippen LogP contribution in [0.3, 0.4) is 0 Å². The molecule has 2 rings (SSSR count). The van der Waals surface area contributed by atoms with Gasteiger partial charge in [-0.1, -0.05) is 6.92 Å². The van der Waals surface area contributed by atoms with Crippen LogP contribution in [0.5, 0.6) is 0 Å². The van der Waals surface area contributed by atoms with Crippen LogP contribution in [-0.4, -0.2) is 41.9 Å². The highest BCUT2D eigenvalue weighted by molar-refractivity contribution is 7.16. The van der Waals surface area contributed by atoms with Crippen molar-refractivity contribution < 1.29 is 19.1 Å². The maximum Gasteiger partial charge on any atom is 0.342 e. The summed E-state index contributed by atoms with van der Waals surface area (Å²) in [6.45, 7) is 10.3. The Morgan fingerprint density at radius 1 is 1.24 bits per heavy atom. The number of nitrogens with one attached hydrogen (secondary N) is 1. The highest BCUT2D eigenvalue weighted by Gasteiger charge is 2.29. The number of hydrogen-bond donors (Lipinski definition) is 1. The summed E-state index contributed by atoms with van der Waals surface area (Å²) >= 11 is 1.33. The lowest BCUT2D eigenvalue weighted by Gasteiger charge is -2.31. The molecule has 0 radical (unpaired) electrons. The van der Waals surface area contributed by atoms with Gasteiger partial charge in [0.25, 0.3) is 5.91 Å². The van der Waals surface area contributed by atoms with Gasteiger partial charge < -0.3 is 15.0 Å². The molecule has 0 saturated carbocycles. The van der Waals surface area contributed by atoms with Crippen LogP contribution in [-0.2, 0) is 14.3 Å². The van der Waals surface area contributed by atoms with Gasteiger partial charge in [-0.2, -0.15) is 0 Å². The standard InChI is InChI=1S/C18H26N2O4S/c1-10-6-8-20(9-7-10)17(22)12(3)24-18(23)15-11(2)13(4)25-16(15)19-14(5)21/h10,12H,6-9H2,1-5H3,(H,19,21)/t12-/m0/s1. The molecular formula is C18H26N2O4S. The molecule has 1 N–H and O–H groups in total. The van der Waals surface area contributed by atoms with Crippen molar-refractivity contribution in [1.82, 2.24) is 4.90 Å². The fourth-order valence-electron chi connectivity index (χ4n) is 2.88. The highest BCUT2D eigenvalue weighted by atomic mass is 32.1. The molecule has 7 heteroatoms. The van der Waals surface area contributed by atoms with E-state index in [0.29, 0.717) is 29.6 Å². The van der Waals surface area contributed by atoms with E-state index in [4.69, 9.17) is 4.74 Å². The summed E-state index contributed by atoms with van der Waals surface area (Å²) in [5.41, 5.74) is 1.11. The van der Waals surface area contributed by atoms with Gasteiger partial charge in [0.1, 0.15) is 5.00 Å². The largest absolute Gasteiger partial charge is 0.449 e. The molecule has 0 aliphatic carbocycles. The summed E-state index contributed by atoms with van der Waals surface area (Å²) < 4.78 is 5.42. The molecular weight excluding hydrogens is 340 g/mol. The summed E-state index contributed by atoms with van der Waals surface area (Å²) in [5, 5.41) is 3.14. The molecule has 138 valence electrons. The Hall–Kier alpha value is -1.89. The van der Waals surface area contributed by atoms with Crippen molar-refractivity contribution in [2.75, 3.05) is 18.4 Å². The zero-order valence-corrected chi connectivity index (χ0v) is 16.3. The fraction of sp³-hybridized carbons (Fsp3) is 0.611. The first-order valence-corrected chi connectivity index (χ1v) is 9.39. The number of ether oxygens (including phenoxy) is 1. The zero-order valence-electron chi connectivity index (χ0n) is 15.5. The molecule has 0 spiro atoms. The molecule has 0 aromatic carbocycles. The molecule has 1 aromatic heterocycles. The van der Waals surface area contributed by atoms with E-state index in [1.54, 1.807) is 11.8 Å². The normalized spacial score (nSPS) is 16.4. The zero-order chi connectivity index (χ0) is 18.7. The Kier molecular flexibility index (Phi) is 6.21. The number of thiophene rings is 1. The van der Waals surface area contributed by atoms with Crippen molar-refractivity contribution in [2.45, 2.75) is 53.6 Å². The van der Waals surface area contributed by atoms with E-state index < -0.39 is 12.1 Å². The number of rotatable bonds is 4. The number of nitrogens with zero attached hydrogens (tertiary/aromatic N) is 1. The molecule has 0 unspecified atom stereocenters. The number of aryl methyl sites for hydroxylation is 1. The number of esters is 1. The van der Waals surface area contributed by atoms with Crippen LogP contribution in [0.2, 0.25) is 0 Å². The second-order valence-electron chi connectivity index (χ2n) is 6.72. The molecule has 6 nitrogen and oxygen atoms in total. The summed E-state index contributed by atoms with van der Waals surface area (Å²) in [6.07, 6.45) is 1.11. The van der Waals surface area contributed by atoms with Crippen molar-refractivity contribution in [3.05, 3.63) is 16.0 Å². The van der Waals surface area contributed by atoms with Gasteiger partial charge in [-0.05, 0) is 45.1 Å². The minimum Gasteiger partial charge on any atom is -0.449 e. The van der Waals surface area contributed by atoms with E-state index in [0.717, 1.165) is 23.3 Å². The predicted molar refractivity (Wildman–Crippen MR) is 98.0 cm³/mol. The predicted octanol–water partition coefficient (Wildman–Crippen LogP) is 3.13. The number of likely N-dealkylation sites (tertiary alicyclic amines) is 1. The lowest BCUT2D eigenvalue weighted by Crippen LogP contribution is -2.44. The number of carbonyl (C=O) groups excluding carboxylic acids is 3. The van der Waals surface area contributed by atoms with Gasteiger partial charge >= 0.3 is 5.97 Å². The fourth-order valence-corrected chi connectivity index (χ4v) is 3.97. The van der Waals surface area contributed by atoms with E-state index in [1.165, 1.54) is 18.3 Å². The summed E-state index contributed by atoms with van der Waals surface area (Å²) in [7, 11) is 0. The van der Waals surface area contributed by atoms with Gasteiger partial charge in [0, 0.05) is 24.9 Å². The van der Waals surface area contributed by atoms with Crippen LogP contribution in [0.1, 0.15) is 54.4 Å². The number of amides is 2. The number of carbonyl (C=O) groups is 3. The minimum atomic E-state index is -0.842. The van der Waals surface area contributed by atoms with E-state index in [2.05, 4.69) is 12.2 Å². The number of piperidine rings is 1. The molecule has 1 aromatic rings. The molecule has 1 aliphatic rings. The Morgan fingerprint density at radius 3 is 2.40 bits per heavy atom. The molecule has 1 aliphatic heterocycles. The third-order valence-electron chi connectivity index (χ3n) is 4.61. The molecule has 0 bridgehead atoms. The van der Waals surface area contributed by atoms with E-state index in [-0.39, 0.29) is 11.8 Å². The second-order valence-corrected chi connectivity index (χ2v) is 7.95. The topological polar surface area (TPSA) is 75.7 Å². The van der Waals surface area contributed by atoms with Gasteiger partial charge in [0.2, 0.25) is 5.91 Å². The maximum absolute atomic E-state index is 12.6. The number of anilines is 1. The van der Waals surface area contributed by atoms with Crippen LogP contribution in [0.4, 0.5) is 5.00 Å². The highest BCUT2D eigenvalue weighted by Crippen LogP contribution is 2.33. The van der Waals surface area contributed by atoms with Crippen molar-refractivity contribution >= 4 is 34.1 Å². The first-order chi connectivity index (χ1) is 11.7. The lowest BCUT2D eigenvalue weighted by molar-refractivity contribution is -0.141. The van der Waals surface area contributed by atoms with E-state index in [1.807, 2.05) is 13.8 Å². The third-order valence-corrected chi connectivity index (χ3v) is 5.73. The van der Waals surface area contributed by atoms with Gasteiger partial charge in [0.05, 0.1) is 5.56 Å². The van der Waals surface area contributed by atoms with Gasteiger partial charge in [-0.15, -0.1) is 11.3 Å². The van der Waals surface area contributed by atoms with Crippen molar-refractivity contribution in [3.63, 3.8) is 0 Å². The van der Waals surface area contributed by atoms with E-state index >= 15 is 0 Å². The van der Waals surface area contributed by atoms with Gasteiger partial charge in [-0.3, -0.25) is 9.59 Å². The maximum atomic E-state index is 12.6. The van der Waals surface area contributed by atoms with Crippen LogP contribution in [0.25, 0.3) is 0 Å². The van der Waals surface area contributed by atoms with E-state index in [9.17, 15) is 14.4 Å². The monoisotopic (exact) mass is 366 g/mol. The summed E-state index contributed by atoms with van der Waals surface area (Å²) in [5.74, 6) is -0.358. The molecule has 1 atom stereocenters. The summed E-state index contributed by atoms with van der Waals surface area (Å²) in [6, 6.07) is 0. The van der Waals surface area contributed by atoms with Crippen molar-refractivity contribution in [2.24, 2.45) is 5.92 Å². The molecule has 2 heterocycles. The van der Waals surface area contributed by atoms with Crippen LogP contribution >= 0.6 is 11.3 Å². The van der Waals surface area contributed by atoms with Gasteiger partial charge in [0.15, 0.2) is 6.10 Å². The first-order valence-electron chi connectivity index (χ1n) is 8.58. The summed E-state index contributed by atoms with van der Waals surface area (Å²) in [4.78, 5) is 39.1. The van der Waals surface area contributed by atoms with Crippen molar-refractivity contribution in [3.8, 4) is 0 Å². The number of hydrogen-bond acceptors (Lipinski definition) is 5. The molecule has 1 saturated heterocycles. The van der Waals surface area contributed by atoms with Crippen LogP contribution in [0.15, 0.2) is 0 Å². The second kappa shape index (κ2) is 7.99. The molecule has 2 amide bonds. The quantitative estimate of drug-likeness (QED) is 0.831. The smallest absolute Gasteiger partial charge is 0.342 e.